The number of rotatable bonds is 3. The zero-order valence-electron chi connectivity index (χ0n) is 12.4. The first kappa shape index (κ1) is 14.1. The van der Waals surface area contributed by atoms with Crippen LogP contribution in [0.15, 0.2) is 36.3 Å². The molecule has 1 aromatic heterocycles. The summed E-state index contributed by atoms with van der Waals surface area (Å²) in [6.45, 7) is 4.63. The van der Waals surface area contributed by atoms with Gasteiger partial charge in [0, 0.05) is 29.3 Å². The normalized spacial score (nSPS) is 15.8. The van der Waals surface area contributed by atoms with E-state index in [1.807, 2.05) is 20.0 Å². The van der Waals surface area contributed by atoms with Crippen molar-refractivity contribution < 1.29 is 8.78 Å². The molecule has 0 atom stereocenters. The van der Waals surface area contributed by atoms with Crippen molar-refractivity contribution in [2.75, 3.05) is 0 Å². The van der Waals surface area contributed by atoms with Gasteiger partial charge in [-0.2, -0.15) is 0 Å². The number of aromatic nitrogens is 1. The molecule has 0 aliphatic carbocycles. The highest BCUT2D eigenvalue weighted by molar-refractivity contribution is 5.98. The SMILES string of the molecule is C/C=C(\C(F)=C/CC)c1cn2c3c(cc(F)cc13)CCC2. The van der Waals surface area contributed by atoms with E-state index < -0.39 is 0 Å². The average molecular weight is 287 g/mol. The molecule has 0 radical (unpaired) electrons. The lowest BCUT2D eigenvalue weighted by Crippen LogP contribution is -2.06. The van der Waals surface area contributed by atoms with Gasteiger partial charge in [0.05, 0.1) is 5.52 Å². The van der Waals surface area contributed by atoms with Crippen molar-refractivity contribution in [2.45, 2.75) is 39.7 Å². The third-order valence-corrected chi connectivity index (χ3v) is 4.08. The predicted molar refractivity (Wildman–Crippen MR) is 83.4 cm³/mol. The molecule has 1 nitrogen and oxygen atoms in total. The summed E-state index contributed by atoms with van der Waals surface area (Å²) < 4.78 is 30.3. The summed E-state index contributed by atoms with van der Waals surface area (Å²) in [5.74, 6) is -0.474. The Morgan fingerprint density at radius 1 is 1.38 bits per heavy atom. The van der Waals surface area contributed by atoms with E-state index in [2.05, 4.69) is 4.57 Å². The molecule has 0 amide bonds. The van der Waals surface area contributed by atoms with Crippen LogP contribution in [0.1, 0.15) is 37.8 Å². The van der Waals surface area contributed by atoms with E-state index in [1.54, 1.807) is 18.2 Å². The van der Waals surface area contributed by atoms with Crippen LogP contribution in [0.4, 0.5) is 8.78 Å². The van der Waals surface area contributed by atoms with Crippen molar-refractivity contribution in [1.29, 1.82) is 0 Å². The smallest absolute Gasteiger partial charge is 0.126 e. The first-order valence-electron chi connectivity index (χ1n) is 7.49. The highest BCUT2D eigenvalue weighted by atomic mass is 19.1. The van der Waals surface area contributed by atoms with E-state index in [1.165, 1.54) is 6.07 Å². The fourth-order valence-electron chi connectivity index (χ4n) is 3.22. The van der Waals surface area contributed by atoms with Gasteiger partial charge in [0.25, 0.3) is 0 Å². The number of hydrogen-bond acceptors (Lipinski definition) is 0. The third kappa shape index (κ3) is 2.31. The van der Waals surface area contributed by atoms with Gasteiger partial charge in [0.2, 0.25) is 0 Å². The van der Waals surface area contributed by atoms with E-state index >= 15 is 0 Å². The summed E-state index contributed by atoms with van der Waals surface area (Å²) >= 11 is 0. The second-order valence-electron chi connectivity index (χ2n) is 5.46. The Morgan fingerprint density at radius 2 is 2.19 bits per heavy atom. The molecule has 1 aromatic carbocycles. The molecule has 2 aromatic rings. The number of allylic oxidation sites excluding steroid dienone is 4. The number of aryl methyl sites for hydroxylation is 2. The van der Waals surface area contributed by atoms with Crippen LogP contribution < -0.4 is 0 Å². The molecule has 0 saturated carbocycles. The van der Waals surface area contributed by atoms with Crippen LogP contribution in [0.2, 0.25) is 0 Å². The molecule has 3 heteroatoms. The summed E-state index contributed by atoms with van der Waals surface area (Å²) in [6.07, 6.45) is 7.82. The number of benzene rings is 1. The Hall–Kier alpha value is -1.90. The van der Waals surface area contributed by atoms with Crippen molar-refractivity contribution in [1.82, 2.24) is 4.57 Å². The van der Waals surface area contributed by atoms with Crippen LogP contribution in [-0.2, 0) is 13.0 Å². The highest BCUT2D eigenvalue weighted by Gasteiger charge is 2.20. The van der Waals surface area contributed by atoms with Crippen LogP contribution >= 0.6 is 0 Å². The van der Waals surface area contributed by atoms with Gasteiger partial charge in [0.15, 0.2) is 0 Å². The summed E-state index contributed by atoms with van der Waals surface area (Å²) in [5.41, 5.74) is 3.43. The van der Waals surface area contributed by atoms with Gasteiger partial charge < -0.3 is 4.57 Å². The van der Waals surface area contributed by atoms with Gasteiger partial charge >= 0.3 is 0 Å². The monoisotopic (exact) mass is 287 g/mol. The van der Waals surface area contributed by atoms with E-state index in [0.717, 1.165) is 41.4 Å². The van der Waals surface area contributed by atoms with Gasteiger partial charge in [-0.3, -0.25) is 0 Å². The van der Waals surface area contributed by atoms with E-state index in [4.69, 9.17) is 0 Å². The van der Waals surface area contributed by atoms with Crippen LogP contribution in [0.5, 0.6) is 0 Å². The lowest BCUT2D eigenvalue weighted by molar-refractivity contribution is 0.611. The first-order chi connectivity index (χ1) is 10.2. The molecule has 0 N–H and O–H groups in total. The minimum atomic E-state index is -0.242. The Bertz CT molecular complexity index is 750. The molecule has 1 aliphatic rings. The molecule has 1 aliphatic heterocycles. The Kier molecular flexibility index (Phi) is 3.66. The summed E-state index contributed by atoms with van der Waals surface area (Å²) in [7, 11) is 0. The van der Waals surface area contributed by atoms with Crippen molar-refractivity contribution >= 4 is 16.5 Å². The molecule has 0 fully saturated rings. The minimum absolute atomic E-state index is 0.232. The topological polar surface area (TPSA) is 4.93 Å². The molecule has 0 spiro atoms. The van der Waals surface area contributed by atoms with Crippen molar-refractivity contribution in [3.05, 3.63) is 53.3 Å². The minimum Gasteiger partial charge on any atom is -0.347 e. The summed E-state index contributed by atoms with van der Waals surface area (Å²) in [5, 5.41) is 0.817. The second kappa shape index (κ2) is 5.47. The fourth-order valence-corrected chi connectivity index (χ4v) is 3.22. The van der Waals surface area contributed by atoms with Crippen LogP contribution in [0.3, 0.4) is 0 Å². The van der Waals surface area contributed by atoms with E-state index in [9.17, 15) is 8.78 Å². The average Bonchev–Trinajstić information content (AvgIpc) is 2.80. The summed E-state index contributed by atoms with van der Waals surface area (Å²) in [4.78, 5) is 0. The van der Waals surface area contributed by atoms with E-state index in [-0.39, 0.29) is 11.6 Å². The number of halogens is 2. The molecular weight excluding hydrogens is 268 g/mol. The molecule has 0 saturated heterocycles. The maximum atomic E-state index is 14.3. The Labute approximate surface area is 123 Å². The Morgan fingerprint density at radius 3 is 2.90 bits per heavy atom. The van der Waals surface area contributed by atoms with Crippen molar-refractivity contribution in [2.24, 2.45) is 0 Å². The molecule has 0 unspecified atom stereocenters. The van der Waals surface area contributed by atoms with Crippen LogP contribution in [0.25, 0.3) is 16.5 Å². The number of hydrogen-bond donors (Lipinski definition) is 0. The zero-order valence-corrected chi connectivity index (χ0v) is 12.4. The van der Waals surface area contributed by atoms with Gasteiger partial charge in [-0.1, -0.05) is 13.0 Å². The van der Waals surface area contributed by atoms with Gasteiger partial charge in [-0.25, -0.2) is 8.78 Å². The molecule has 2 heterocycles. The maximum absolute atomic E-state index is 14.3. The van der Waals surface area contributed by atoms with Crippen LogP contribution in [0, 0.1) is 5.82 Å². The third-order valence-electron chi connectivity index (χ3n) is 4.08. The maximum Gasteiger partial charge on any atom is 0.126 e. The molecule has 0 bridgehead atoms. The van der Waals surface area contributed by atoms with Gasteiger partial charge in [-0.05, 0) is 50.0 Å². The fraction of sp³-hybridized carbons (Fsp3) is 0.333. The highest BCUT2D eigenvalue weighted by Crippen LogP contribution is 2.36. The van der Waals surface area contributed by atoms with Crippen LogP contribution in [-0.4, -0.2) is 4.57 Å². The zero-order chi connectivity index (χ0) is 15.0. The summed E-state index contributed by atoms with van der Waals surface area (Å²) in [6, 6.07) is 3.13. The van der Waals surface area contributed by atoms with Gasteiger partial charge in [0.1, 0.15) is 11.6 Å². The largest absolute Gasteiger partial charge is 0.347 e. The standard InChI is InChI=1S/C18H19F2N/c1-3-6-17(20)14(4-2)16-11-21-8-5-7-12-9-13(19)10-15(16)18(12)21/h4,6,9-11H,3,5,7-8H2,1-2H3/b14-4-,17-6+. The lowest BCUT2D eigenvalue weighted by atomic mass is 9.99. The van der Waals surface area contributed by atoms with Gasteiger partial charge in [-0.15, -0.1) is 0 Å². The quantitative estimate of drug-likeness (QED) is 0.667. The van der Waals surface area contributed by atoms with E-state index in [0.29, 0.717) is 12.0 Å². The molecule has 110 valence electrons. The predicted octanol–water partition coefficient (Wildman–Crippen LogP) is 5.39. The Balaban J connectivity index is 2.27. The number of nitrogens with zero attached hydrogens (tertiary/aromatic N) is 1. The second-order valence-corrected chi connectivity index (χ2v) is 5.46. The van der Waals surface area contributed by atoms with Crippen molar-refractivity contribution in [3.8, 4) is 0 Å². The first-order valence-corrected chi connectivity index (χ1v) is 7.49. The van der Waals surface area contributed by atoms with Crippen molar-refractivity contribution in [3.63, 3.8) is 0 Å². The molecule has 21 heavy (non-hydrogen) atoms. The molecular formula is C18H19F2N. The molecule has 3 rings (SSSR count). The lowest BCUT2D eigenvalue weighted by Gasteiger charge is -2.15.